The van der Waals surface area contributed by atoms with Crippen molar-refractivity contribution in [3.63, 3.8) is 0 Å². The lowest BCUT2D eigenvalue weighted by Gasteiger charge is -2.44. The van der Waals surface area contributed by atoms with E-state index in [9.17, 15) is 0 Å². The van der Waals surface area contributed by atoms with Gasteiger partial charge in [-0.05, 0) is 58.7 Å². The molecule has 0 aromatic carbocycles. The Morgan fingerprint density at radius 3 is 2.20 bits per heavy atom. The fourth-order valence-corrected chi connectivity index (χ4v) is 4.40. The lowest BCUT2D eigenvalue weighted by molar-refractivity contribution is 0.0587. The quantitative estimate of drug-likeness (QED) is 0.738. The summed E-state index contributed by atoms with van der Waals surface area (Å²) in [5.41, 5.74) is 0. The zero-order valence-electron chi connectivity index (χ0n) is 14.1. The minimum absolute atomic E-state index is 0.722. The molecule has 2 aliphatic rings. The first-order valence-corrected chi connectivity index (χ1v) is 8.92. The standard InChI is InChI=1S/C17H35N3/c1-5-10-18-15-11-16-8-9-17(12-15)20(16)14(4)13-19(6-2)7-3/h14-18H,5-13H2,1-4H3. The van der Waals surface area contributed by atoms with Gasteiger partial charge in [0.2, 0.25) is 0 Å². The maximum Gasteiger partial charge on any atom is 0.0200 e. The second-order valence-electron chi connectivity index (χ2n) is 6.79. The van der Waals surface area contributed by atoms with E-state index in [1.807, 2.05) is 0 Å². The summed E-state index contributed by atoms with van der Waals surface area (Å²) in [6.07, 6.45) is 6.86. The van der Waals surface area contributed by atoms with Gasteiger partial charge in [0.05, 0.1) is 0 Å². The largest absolute Gasteiger partial charge is 0.314 e. The predicted molar refractivity (Wildman–Crippen MR) is 87.2 cm³/mol. The SMILES string of the molecule is CCCNC1CC2CCC(C1)N2C(C)CN(CC)CC. The van der Waals surface area contributed by atoms with E-state index >= 15 is 0 Å². The number of rotatable bonds is 8. The van der Waals surface area contributed by atoms with Crippen LogP contribution in [0.2, 0.25) is 0 Å². The average molecular weight is 281 g/mol. The maximum atomic E-state index is 3.76. The van der Waals surface area contributed by atoms with Gasteiger partial charge in [-0.1, -0.05) is 20.8 Å². The highest BCUT2D eigenvalue weighted by Gasteiger charge is 2.42. The van der Waals surface area contributed by atoms with E-state index in [0.717, 1.165) is 24.2 Å². The zero-order valence-corrected chi connectivity index (χ0v) is 14.1. The molecule has 0 aliphatic carbocycles. The number of hydrogen-bond acceptors (Lipinski definition) is 3. The molecule has 2 rings (SSSR count). The molecule has 3 atom stereocenters. The third kappa shape index (κ3) is 3.75. The van der Waals surface area contributed by atoms with Gasteiger partial charge in [0.25, 0.3) is 0 Å². The molecule has 2 saturated heterocycles. The molecule has 2 aliphatic heterocycles. The summed E-state index contributed by atoms with van der Waals surface area (Å²) in [4.78, 5) is 5.44. The molecule has 0 aromatic rings. The van der Waals surface area contributed by atoms with Crippen molar-refractivity contribution >= 4 is 0 Å². The molecule has 0 radical (unpaired) electrons. The molecule has 20 heavy (non-hydrogen) atoms. The summed E-state index contributed by atoms with van der Waals surface area (Å²) in [5.74, 6) is 0. The molecule has 118 valence electrons. The minimum Gasteiger partial charge on any atom is -0.314 e. The number of likely N-dealkylation sites (N-methyl/N-ethyl adjacent to an activating group) is 1. The molecule has 0 aromatic heterocycles. The molecule has 2 fully saturated rings. The number of nitrogens with one attached hydrogen (secondary N) is 1. The summed E-state index contributed by atoms with van der Waals surface area (Å²) in [6, 6.07) is 3.19. The molecule has 0 amide bonds. The van der Waals surface area contributed by atoms with Gasteiger partial charge in [0.1, 0.15) is 0 Å². The number of fused-ring (bicyclic) bond motifs is 2. The molecule has 2 heterocycles. The van der Waals surface area contributed by atoms with Crippen LogP contribution in [0.1, 0.15) is 59.8 Å². The zero-order chi connectivity index (χ0) is 14.5. The third-order valence-electron chi connectivity index (χ3n) is 5.40. The second kappa shape index (κ2) is 7.77. The topological polar surface area (TPSA) is 18.5 Å². The summed E-state index contributed by atoms with van der Waals surface area (Å²) in [5, 5.41) is 3.76. The van der Waals surface area contributed by atoms with Gasteiger partial charge in [-0.25, -0.2) is 0 Å². The van der Waals surface area contributed by atoms with Crippen LogP contribution in [0.3, 0.4) is 0 Å². The number of hydrogen-bond donors (Lipinski definition) is 1. The second-order valence-corrected chi connectivity index (χ2v) is 6.79. The highest BCUT2D eigenvalue weighted by atomic mass is 15.3. The number of nitrogens with zero attached hydrogens (tertiary/aromatic N) is 2. The molecule has 3 nitrogen and oxygen atoms in total. The van der Waals surface area contributed by atoms with Crippen molar-refractivity contribution in [1.82, 2.24) is 15.1 Å². The normalized spacial score (nSPS) is 31.9. The van der Waals surface area contributed by atoms with E-state index in [1.54, 1.807) is 0 Å². The van der Waals surface area contributed by atoms with E-state index in [2.05, 4.69) is 42.8 Å². The minimum atomic E-state index is 0.722. The van der Waals surface area contributed by atoms with Crippen LogP contribution in [0.5, 0.6) is 0 Å². The van der Waals surface area contributed by atoms with Crippen LogP contribution in [0.15, 0.2) is 0 Å². The van der Waals surface area contributed by atoms with Crippen molar-refractivity contribution < 1.29 is 0 Å². The van der Waals surface area contributed by atoms with Crippen molar-refractivity contribution in [1.29, 1.82) is 0 Å². The summed E-state index contributed by atoms with van der Waals surface area (Å²) >= 11 is 0. The summed E-state index contributed by atoms with van der Waals surface area (Å²) in [7, 11) is 0. The Balaban J connectivity index is 1.88. The van der Waals surface area contributed by atoms with Gasteiger partial charge in [0.15, 0.2) is 0 Å². The van der Waals surface area contributed by atoms with Crippen molar-refractivity contribution in [2.75, 3.05) is 26.2 Å². The summed E-state index contributed by atoms with van der Waals surface area (Å²) in [6.45, 7) is 14.1. The van der Waals surface area contributed by atoms with Crippen molar-refractivity contribution in [2.45, 2.75) is 84.0 Å². The van der Waals surface area contributed by atoms with Crippen molar-refractivity contribution in [3.05, 3.63) is 0 Å². The van der Waals surface area contributed by atoms with Crippen LogP contribution in [0.25, 0.3) is 0 Å². The van der Waals surface area contributed by atoms with E-state index in [1.165, 1.54) is 58.3 Å². The van der Waals surface area contributed by atoms with Crippen LogP contribution < -0.4 is 5.32 Å². The molecule has 2 bridgehead atoms. The van der Waals surface area contributed by atoms with E-state index in [0.29, 0.717) is 0 Å². The molecular weight excluding hydrogens is 246 g/mol. The van der Waals surface area contributed by atoms with E-state index < -0.39 is 0 Å². The Bertz CT molecular complexity index is 263. The molecule has 0 saturated carbocycles. The first kappa shape index (κ1) is 16.3. The maximum absolute atomic E-state index is 3.76. The van der Waals surface area contributed by atoms with E-state index in [-0.39, 0.29) is 0 Å². The molecule has 1 N–H and O–H groups in total. The smallest absolute Gasteiger partial charge is 0.0200 e. The van der Waals surface area contributed by atoms with Gasteiger partial charge in [-0.15, -0.1) is 0 Å². The third-order valence-corrected chi connectivity index (χ3v) is 5.40. The average Bonchev–Trinajstić information content (AvgIpc) is 2.73. The number of piperidine rings is 1. The Kier molecular flexibility index (Phi) is 6.31. The first-order chi connectivity index (χ1) is 9.69. The fourth-order valence-electron chi connectivity index (χ4n) is 4.40. The lowest BCUT2D eigenvalue weighted by Crippen LogP contribution is -2.54. The van der Waals surface area contributed by atoms with E-state index in [4.69, 9.17) is 0 Å². The monoisotopic (exact) mass is 281 g/mol. The Morgan fingerprint density at radius 2 is 1.70 bits per heavy atom. The van der Waals surface area contributed by atoms with Crippen LogP contribution >= 0.6 is 0 Å². The van der Waals surface area contributed by atoms with Crippen molar-refractivity contribution in [3.8, 4) is 0 Å². The lowest BCUT2D eigenvalue weighted by atomic mass is 9.95. The van der Waals surface area contributed by atoms with Crippen LogP contribution in [-0.2, 0) is 0 Å². The van der Waals surface area contributed by atoms with Gasteiger partial charge < -0.3 is 10.2 Å². The van der Waals surface area contributed by atoms with Gasteiger partial charge in [0, 0.05) is 30.7 Å². The Hall–Kier alpha value is -0.120. The highest BCUT2D eigenvalue weighted by Crippen LogP contribution is 2.37. The molecular formula is C17H35N3. The van der Waals surface area contributed by atoms with Gasteiger partial charge >= 0.3 is 0 Å². The first-order valence-electron chi connectivity index (χ1n) is 8.92. The Morgan fingerprint density at radius 1 is 1.10 bits per heavy atom. The van der Waals surface area contributed by atoms with Crippen LogP contribution in [-0.4, -0.2) is 60.1 Å². The Labute approximate surface area is 126 Å². The van der Waals surface area contributed by atoms with Gasteiger partial charge in [-0.2, -0.15) is 0 Å². The predicted octanol–water partition coefficient (Wildman–Crippen LogP) is 2.71. The van der Waals surface area contributed by atoms with Crippen LogP contribution in [0.4, 0.5) is 0 Å². The fraction of sp³-hybridized carbons (Fsp3) is 1.00. The molecule has 3 heteroatoms. The van der Waals surface area contributed by atoms with Crippen molar-refractivity contribution in [2.24, 2.45) is 0 Å². The van der Waals surface area contributed by atoms with Gasteiger partial charge in [-0.3, -0.25) is 4.90 Å². The highest BCUT2D eigenvalue weighted by molar-refractivity contribution is 4.99. The molecule has 3 unspecified atom stereocenters. The molecule has 0 spiro atoms. The van der Waals surface area contributed by atoms with Crippen LogP contribution in [0, 0.1) is 0 Å². The summed E-state index contributed by atoms with van der Waals surface area (Å²) < 4.78 is 0.